The number of pyridine rings is 1. The summed E-state index contributed by atoms with van der Waals surface area (Å²) >= 11 is 1.66. The van der Waals surface area contributed by atoms with E-state index in [9.17, 15) is 18.0 Å². The number of anilines is 1. The number of carbonyl (C=O) groups is 1. The van der Waals surface area contributed by atoms with Crippen LogP contribution in [0, 0.1) is 0 Å². The number of hydrogen-bond donors (Lipinski definition) is 1. The van der Waals surface area contributed by atoms with E-state index >= 15 is 0 Å². The van der Waals surface area contributed by atoms with Crippen molar-refractivity contribution in [2.45, 2.75) is 48.7 Å². The quantitative estimate of drug-likeness (QED) is 0.362. The van der Waals surface area contributed by atoms with Gasteiger partial charge in [-0.1, -0.05) is 25.0 Å². The second kappa shape index (κ2) is 9.93. The van der Waals surface area contributed by atoms with Crippen LogP contribution in [0.1, 0.15) is 42.5 Å². The van der Waals surface area contributed by atoms with Gasteiger partial charge < -0.3 is 10.1 Å². The maximum atomic E-state index is 13.9. The number of urea groups is 1. The fourth-order valence-corrected chi connectivity index (χ4v) is 5.83. The molecule has 1 spiro atoms. The van der Waals surface area contributed by atoms with Crippen LogP contribution in [0.4, 0.5) is 23.7 Å². The van der Waals surface area contributed by atoms with Gasteiger partial charge in [-0.2, -0.15) is 13.2 Å². The number of hydrogen-bond acceptors (Lipinski definition) is 4. The van der Waals surface area contributed by atoms with Gasteiger partial charge in [-0.05, 0) is 67.1 Å². The van der Waals surface area contributed by atoms with Crippen LogP contribution < -0.4 is 15.0 Å². The van der Waals surface area contributed by atoms with Crippen LogP contribution in [0.15, 0.2) is 59.5 Å². The molecule has 2 aliphatic rings. The van der Waals surface area contributed by atoms with Crippen LogP contribution >= 0.6 is 11.8 Å². The van der Waals surface area contributed by atoms with Crippen molar-refractivity contribution >= 4 is 23.5 Å². The smallest absolute Gasteiger partial charge is 0.417 e. The Morgan fingerprint density at radius 1 is 1.11 bits per heavy atom. The maximum absolute atomic E-state index is 13.9. The molecule has 2 heterocycles. The Balaban J connectivity index is 1.46. The van der Waals surface area contributed by atoms with Gasteiger partial charge >= 0.3 is 12.2 Å². The van der Waals surface area contributed by atoms with E-state index in [0.29, 0.717) is 24.5 Å². The summed E-state index contributed by atoms with van der Waals surface area (Å²) in [5, 5.41) is 3.00. The highest BCUT2D eigenvalue weighted by molar-refractivity contribution is 7.98. The third-order valence-corrected chi connectivity index (χ3v) is 8.09. The maximum Gasteiger partial charge on any atom is 0.417 e. The fraction of sp³-hybridized carbons (Fsp3) is 0.357. The highest BCUT2D eigenvalue weighted by Crippen LogP contribution is 2.50. The van der Waals surface area contributed by atoms with Crippen LogP contribution in [-0.2, 0) is 18.1 Å². The number of alkyl halides is 3. The van der Waals surface area contributed by atoms with Crippen molar-refractivity contribution in [3.63, 3.8) is 0 Å². The summed E-state index contributed by atoms with van der Waals surface area (Å²) in [5.74, 6) is 0.135. The minimum atomic E-state index is -4.56. The van der Waals surface area contributed by atoms with Crippen LogP contribution in [0.25, 0.3) is 11.3 Å². The first-order valence-electron chi connectivity index (χ1n) is 12.2. The van der Waals surface area contributed by atoms with Crippen molar-refractivity contribution in [3.05, 3.63) is 71.4 Å². The van der Waals surface area contributed by atoms with Crippen molar-refractivity contribution in [3.8, 4) is 17.0 Å². The SMILES string of the molecule is COc1ccc(-c2ccc3c(n2)C2(CCCC2)CN3C(=O)NCc2ccc(SC)cc2)c(C(F)(F)F)c1. The van der Waals surface area contributed by atoms with Crippen LogP contribution in [0.5, 0.6) is 5.75 Å². The Morgan fingerprint density at radius 2 is 1.84 bits per heavy atom. The van der Waals surface area contributed by atoms with Gasteiger partial charge in [0.05, 0.1) is 29.7 Å². The van der Waals surface area contributed by atoms with E-state index in [1.165, 1.54) is 19.2 Å². The largest absolute Gasteiger partial charge is 0.497 e. The Bertz CT molecular complexity index is 1310. The van der Waals surface area contributed by atoms with Gasteiger partial charge in [0.2, 0.25) is 0 Å². The molecule has 1 fully saturated rings. The molecule has 3 aromatic rings. The average molecular weight is 528 g/mol. The van der Waals surface area contributed by atoms with Crippen molar-refractivity contribution in [2.75, 3.05) is 24.8 Å². The lowest BCUT2D eigenvalue weighted by Gasteiger charge is -2.24. The van der Waals surface area contributed by atoms with E-state index in [1.54, 1.807) is 28.8 Å². The molecule has 5 rings (SSSR count). The molecule has 0 bridgehead atoms. The number of fused-ring (bicyclic) bond motifs is 2. The Labute approximate surface area is 218 Å². The molecule has 194 valence electrons. The fourth-order valence-electron chi connectivity index (χ4n) is 5.43. The van der Waals surface area contributed by atoms with E-state index in [2.05, 4.69) is 5.32 Å². The van der Waals surface area contributed by atoms with Gasteiger partial charge in [0, 0.05) is 29.0 Å². The number of aromatic nitrogens is 1. The summed E-state index contributed by atoms with van der Waals surface area (Å²) in [6.07, 6.45) is 1.15. The first kappa shape index (κ1) is 25.4. The lowest BCUT2D eigenvalue weighted by Crippen LogP contribution is -2.41. The Hall–Kier alpha value is -3.20. The molecule has 2 amide bonds. The van der Waals surface area contributed by atoms with Crippen molar-refractivity contribution in [2.24, 2.45) is 0 Å². The number of halogens is 3. The van der Waals surface area contributed by atoms with Crippen LogP contribution in [0.2, 0.25) is 0 Å². The van der Waals surface area contributed by atoms with Gasteiger partial charge in [-0.25, -0.2) is 9.78 Å². The summed E-state index contributed by atoms with van der Waals surface area (Å²) in [6, 6.07) is 15.0. The molecule has 5 nitrogen and oxygen atoms in total. The van der Waals surface area contributed by atoms with E-state index in [4.69, 9.17) is 9.72 Å². The molecule has 0 atom stereocenters. The zero-order valence-electron chi connectivity index (χ0n) is 20.7. The predicted octanol–water partition coefficient (Wildman–Crippen LogP) is 7.04. The minimum Gasteiger partial charge on any atom is -0.497 e. The number of methoxy groups -OCH3 is 1. The molecule has 1 N–H and O–H groups in total. The van der Waals surface area contributed by atoms with Crippen molar-refractivity contribution in [1.82, 2.24) is 10.3 Å². The van der Waals surface area contributed by atoms with Crippen LogP contribution in [-0.4, -0.2) is 30.9 Å². The Kier molecular flexibility index (Phi) is 6.83. The first-order valence-corrected chi connectivity index (χ1v) is 13.4. The number of nitrogens with zero attached hydrogens (tertiary/aromatic N) is 2. The molecule has 9 heteroatoms. The van der Waals surface area contributed by atoms with E-state index in [1.807, 2.05) is 30.5 Å². The molecule has 1 saturated carbocycles. The lowest BCUT2D eigenvalue weighted by atomic mass is 9.84. The average Bonchev–Trinajstić information content (AvgIpc) is 3.51. The predicted molar refractivity (Wildman–Crippen MR) is 139 cm³/mol. The molecule has 1 aromatic heterocycles. The monoisotopic (exact) mass is 527 g/mol. The normalized spacial score (nSPS) is 16.2. The minimum absolute atomic E-state index is 0.000776. The number of benzene rings is 2. The van der Waals surface area contributed by atoms with Gasteiger partial charge in [0.1, 0.15) is 5.75 Å². The number of ether oxygens (including phenoxy) is 1. The molecule has 1 aliphatic carbocycles. The summed E-state index contributed by atoms with van der Waals surface area (Å²) in [6.45, 7) is 0.864. The summed E-state index contributed by atoms with van der Waals surface area (Å²) in [7, 11) is 1.34. The highest BCUT2D eigenvalue weighted by atomic mass is 32.2. The zero-order valence-corrected chi connectivity index (χ0v) is 21.5. The number of carbonyl (C=O) groups excluding carboxylic acids is 1. The van der Waals surface area contributed by atoms with Gasteiger partial charge in [0.25, 0.3) is 0 Å². The molecule has 0 saturated heterocycles. The third-order valence-electron chi connectivity index (χ3n) is 7.34. The van der Waals surface area contributed by atoms with Crippen LogP contribution in [0.3, 0.4) is 0 Å². The van der Waals surface area contributed by atoms with Gasteiger partial charge in [-0.3, -0.25) is 4.90 Å². The molecular formula is C28H28F3N3O2S. The number of rotatable bonds is 5. The molecule has 0 radical (unpaired) electrons. The topological polar surface area (TPSA) is 54.5 Å². The van der Waals surface area contributed by atoms with E-state index in [0.717, 1.165) is 42.2 Å². The van der Waals surface area contributed by atoms with Gasteiger partial charge in [0.15, 0.2) is 0 Å². The first-order chi connectivity index (χ1) is 17.7. The zero-order chi connectivity index (χ0) is 26.2. The third kappa shape index (κ3) is 4.89. The second-order valence-electron chi connectivity index (χ2n) is 9.55. The second-order valence-corrected chi connectivity index (χ2v) is 10.4. The molecule has 1 aliphatic heterocycles. The van der Waals surface area contributed by atoms with Crippen molar-refractivity contribution in [1.29, 1.82) is 0 Å². The highest BCUT2D eigenvalue weighted by Gasteiger charge is 2.48. The summed E-state index contributed by atoms with van der Waals surface area (Å²) in [4.78, 5) is 20.9. The summed E-state index contributed by atoms with van der Waals surface area (Å²) < 4.78 is 46.7. The standard InChI is InChI=1S/C28H28F3N3O2S/c1-36-19-7-10-21(22(15-19)28(29,30)31)23-11-12-24-25(33-23)27(13-3-4-14-27)17-34(24)26(35)32-16-18-5-8-20(37-2)9-6-18/h5-12,15H,3-4,13-14,16-17H2,1-2H3,(H,32,35). The molecular weight excluding hydrogens is 499 g/mol. The summed E-state index contributed by atoms with van der Waals surface area (Å²) in [5.41, 5.74) is 1.49. The van der Waals surface area contributed by atoms with E-state index in [-0.39, 0.29) is 28.5 Å². The molecule has 0 unspecified atom stereocenters. The van der Waals surface area contributed by atoms with E-state index < -0.39 is 11.7 Å². The number of nitrogens with one attached hydrogen (secondary N) is 1. The lowest BCUT2D eigenvalue weighted by molar-refractivity contribution is -0.137. The number of thioether (sulfide) groups is 1. The molecule has 2 aromatic carbocycles. The number of amides is 2. The molecule has 37 heavy (non-hydrogen) atoms. The Morgan fingerprint density at radius 3 is 2.49 bits per heavy atom. The van der Waals surface area contributed by atoms with Crippen molar-refractivity contribution < 1.29 is 22.7 Å². The van der Waals surface area contributed by atoms with Gasteiger partial charge in [-0.15, -0.1) is 11.8 Å².